The summed E-state index contributed by atoms with van der Waals surface area (Å²) in [6.45, 7) is 1.36. The minimum Gasteiger partial charge on any atom is -0.373 e. The van der Waals surface area contributed by atoms with Crippen LogP contribution < -0.4 is 5.32 Å². The third-order valence-corrected chi connectivity index (χ3v) is 3.58. The molecular weight excluding hydrogens is 250 g/mol. The maximum atomic E-state index is 12.3. The molecule has 1 amide bonds. The van der Waals surface area contributed by atoms with E-state index in [0.717, 1.165) is 31.4 Å². The highest BCUT2D eigenvalue weighted by Crippen LogP contribution is 2.33. The smallest absolute Gasteiger partial charge is 0.226 e. The molecule has 3 heteroatoms. The van der Waals surface area contributed by atoms with Crippen molar-refractivity contribution in [1.29, 1.82) is 0 Å². The number of carbonyl (C=O) groups excluding carboxylic acids is 1. The van der Waals surface area contributed by atoms with E-state index in [1.54, 1.807) is 0 Å². The second-order valence-corrected chi connectivity index (χ2v) is 5.05. The van der Waals surface area contributed by atoms with Gasteiger partial charge in [0.1, 0.15) is 0 Å². The molecule has 1 fully saturated rings. The average molecular weight is 271 g/mol. The molecule has 1 aromatic carbocycles. The molecule has 0 saturated carbocycles. The third kappa shape index (κ3) is 3.85. The molecule has 1 aromatic rings. The van der Waals surface area contributed by atoms with E-state index in [1.165, 1.54) is 0 Å². The van der Waals surface area contributed by atoms with E-state index in [4.69, 9.17) is 11.2 Å². The zero-order chi connectivity index (χ0) is 14.2. The summed E-state index contributed by atoms with van der Waals surface area (Å²) >= 11 is 0. The number of hydrogen-bond acceptors (Lipinski definition) is 2. The number of carbonyl (C=O) groups is 1. The Morgan fingerprint density at radius 3 is 2.95 bits per heavy atom. The number of benzene rings is 1. The Hall–Kier alpha value is -1.79. The van der Waals surface area contributed by atoms with E-state index in [9.17, 15) is 4.79 Å². The zero-order valence-corrected chi connectivity index (χ0v) is 11.7. The van der Waals surface area contributed by atoms with Gasteiger partial charge < -0.3 is 10.1 Å². The Balaban J connectivity index is 1.96. The highest BCUT2D eigenvalue weighted by Gasteiger charge is 2.32. The maximum Gasteiger partial charge on any atom is 0.226 e. The van der Waals surface area contributed by atoms with Crippen LogP contribution in [0.25, 0.3) is 0 Å². The van der Waals surface area contributed by atoms with Gasteiger partial charge in [-0.2, -0.15) is 0 Å². The van der Waals surface area contributed by atoms with Gasteiger partial charge in [0.15, 0.2) is 0 Å². The second kappa shape index (κ2) is 7.72. The van der Waals surface area contributed by atoms with Crippen molar-refractivity contribution < 1.29 is 9.53 Å². The SMILES string of the molecule is C#CCCCNC(=O)C1CCCOC1c1ccccc1. The van der Waals surface area contributed by atoms with E-state index in [2.05, 4.69) is 11.2 Å². The van der Waals surface area contributed by atoms with Crippen LogP contribution in [0.2, 0.25) is 0 Å². The summed E-state index contributed by atoms with van der Waals surface area (Å²) in [6.07, 6.45) is 8.41. The zero-order valence-electron chi connectivity index (χ0n) is 11.7. The summed E-state index contributed by atoms with van der Waals surface area (Å²) in [6, 6.07) is 9.98. The van der Waals surface area contributed by atoms with Crippen LogP contribution in [0.4, 0.5) is 0 Å². The first-order valence-electron chi connectivity index (χ1n) is 7.20. The maximum absolute atomic E-state index is 12.3. The van der Waals surface area contributed by atoms with Crippen LogP contribution in [0.3, 0.4) is 0 Å². The molecule has 2 rings (SSSR count). The van der Waals surface area contributed by atoms with Crippen LogP contribution in [0, 0.1) is 18.3 Å². The van der Waals surface area contributed by atoms with E-state index in [0.29, 0.717) is 13.0 Å². The molecule has 1 saturated heterocycles. The minimum atomic E-state index is -0.127. The number of nitrogens with one attached hydrogen (secondary N) is 1. The fourth-order valence-electron chi connectivity index (χ4n) is 2.55. The average Bonchev–Trinajstić information content (AvgIpc) is 2.52. The van der Waals surface area contributed by atoms with Gasteiger partial charge in [-0.05, 0) is 24.8 Å². The van der Waals surface area contributed by atoms with Gasteiger partial charge in [0, 0.05) is 19.6 Å². The van der Waals surface area contributed by atoms with Gasteiger partial charge in [-0.15, -0.1) is 12.3 Å². The van der Waals surface area contributed by atoms with Crippen molar-refractivity contribution >= 4 is 5.91 Å². The van der Waals surface area contributed by atoms with Gasteiger partial charge in [0.2, 0.25) is 5.91 Å². The van der Waals surface area contributed by atoms with Crippen LogP contribution in [-0.2, 0) is 9.53 Å². The van der Waals surface area contributed by atoms with E-state index < -0.39 is 0 Å². The number of rotatable bonds is 5. The predicted octanol–water partition coefficient (Wildman–Crippen LogP) is 2.68. The highest BCUT2D eigenvalue weighted by atomic mass is 16.5. The monoisotopic (exact) mass is 271 g/mol. The number of amides is 1. The summed E-state index contributed by atoms with van der Waals surface area (Å²) in [4.78, 5) is 12.3. The van der Waals surface area contributed by atoms with Crippen molar-refractivity contribution in [2.75, 3.05) is 13.2 Å². The number of unbranched alkanes of at least 4 members (excludes halogenated alkanes) is 1. The normalized spacial score (nSPS) is 21.9. The molecule has 1 N–H and O–H groups in total. The van der Waals surface area contributed by atoms with Crippen LogP contribution in [-0.4, -0.2) is 19.1 Å². The van der Waals surface area contributed by atoms with Gasteiger partial charge in [-0.25, -0.2) is 0 Å². The first kappa shape index (κ1) is 14.6. The summed E-state index contributed by atoms with van der Waals surface area (Å²) < 4.78 is 5.83. The molecule has 1 aliphatic heterocycles. The fourth-order valence-corrected chi connectivity index (χ4v) is 2.55. The van der Waals surface area contributed by atoms with Gasteiger partial charge in [-0.3, -0.25) is 4.79 Å². The first-order chi connectivity index (χ1) is 9.83. The largest absolute Gasteiger partial charge is 0.373 e. The van der Waals surface area contributed by atoms with Crippen molar-refractivity contribution in [3.05, 3.63) is 35.9 Å². The lowest BCUT2D eigenvalue weighted by Crippen LogP contribution is -2.37. The molecule has 1 aliphatic rings. The molecule has 0 spiro atoms. The fraction of sp³-hybridized carbons (Fsp3) is 0.471. The van der Waals surface area contributed by atoms with Gasteiger partial charge >= 0.3 is 0 Å². The lowest BCUT2D eigenvalue weighted by Gasteiger charge is -2.31. The van der Waals surface area contributed by atoms with Crippen molar-refractivity contribution in [2.45, 2.75) is 31.8 Å². The van der Waals surface area contributed by atoms with E-state index in [1.807, 2.05) is 30.3 Å². The Labute approximate surface area is 120 Å². The van der Waals surface area contributed by atoms with Crippen molar-refractivity contribution in [3.8, 4) is 12.3 Å². The van der Waals surface area contributed by atoms with Gasteiger partial charge in [-0.1, -0.05) is 30.3 Å². The van der Waals surface area contributed by atoms with Crippen LogP contribution in [0.1, 0.15) is 37.4 Å². The summed E-state index contributed by atoms with van der Waals surface area (Å²) in [5.74, 6) is 2.56. The van der Waals surface area contributed by atoms with E-state index in [-0.39, 0.29) is 17.9 Å². The van der Waals surface area contributed by atoms with Crippen molar-refractivity contribution in [1.82, 2.24) is 5.32 Å². The second-order valence-electron chi connectivity index (χ2n) is 5.05. The summed E-state index contributed by atoms with van der Waals surface area (Å²) in [5.41, 5.74) is 1.08. The number of terminal acetylenes is 1. The van der Waals surface area contributed by atoms with E-state index >= 15 is 0 Å². The third-order valence-electron chi connectivity index (χ3n) is 3.58. The van der Waals surface area contributed by atoms with Crippen molar-refractivity contribution in [3.63, 3.8) is 0 Å². The Kier molecular flexibility index (Phi) is 5.64. The molecule has 3 nitrogen and oxygen atoms in total. The molecule has 0 aliphatic carbocycles. The summed E-state index contributed by atoms with van der Waals surface area (Å²) in [5, 5.41) is 2.97. The molecule has 2 unspecified atom stereocenters. The number of ether oxygens (including phenoxy) is 1. The minimum absolute atomic E-state index is 0.0792. The Morgan fingerprint density at radius 1 is 1.40 bits per heavy atom. The molecule has 106 valence electrons. The molecule has 2 atom stereocenters. The van der Waals surface area contributed by atoms with Gasteiger partial charge in [0.25, 0.3) is 0 Å². The Morgan fingerprint density at radius 2 is 2.20 bits per heavy atom. The summed E-state index contributed by atoms with van der Waals surface area (Å²) in [7, 11) is 0. The molecule has 20 heavy (non-hydrogen) atoms. The lowest BCUT2D eigenvalue weighted by molar-refractivity contribution is -0.134. The first-order valence-corrected chi connectivity index (χ1v) is 7.20. The van der Waals surface area contributed by atoms with Crippen LogP contribution >= 0.6 is 0 Å². The Bertz CT molecular complexity index is 464. The van der Waals surface area contributed by atoms with Crippen molar-refractivity contribution in [2.24, 2.45) is 5.92 Å². The molecule has 1 heterocycles. The highest BCUT2D eigenvalue weighted by molar-refractivity contribution is 5.79. The lowest BCUT2D eigenvalue weighted by atomic mass is 9.89. The number of hydrogen-bond donors (Lipinski definition) is 1. The molecule has 0 radical (unpaired) electrons. The topological polar surface area (TPSA) is 38.3 Å². The molecule has 0 bridgehead atoms. The van der Waals surface area contributed by atoms with Crippen LogP contribution in [0.5, 0.6) is 0 Å². The standard InChI is InChI=1S/C17H21NO2/c1-2-3-7-12-18-17(19)15-11-8-13-20-16(15)14-9-5-4-6-10-14/h1,4-6,9-10,15-16H,3,7-8,11-13H2,(H,18,19). The van der Waals surface area contributed by atoms with Gasteiger partial charge in [0.05, 0.1) is 12.0 Å². The predicted molar refractivity (Wildman–Crippen MR) is 78.9 cm³/mol. The quantitative estimate of drug-likeness (QED) is 0.660. The van der Waals surface area contributed by atoms with Crippen LogP contribution in [0.15, 0.2) is 30.3 Å². The molecular formula is C17H21NO2. The molecule has 0 aromatic heterocycles.